The zero-order valence-corrected chi connectivity index (χ0v) is 9.85. The van der Waals surface area contributed by atoms with E-state index in [-0.39, 0.29) is 0 Å². The Morgan fingerprint density at radius 3 is 2.79 bits per heavy atom. The molecule has 5 nitrogen and oxygen atoms in total. The standard InChI is InChI=1S/C8H8IN3O2/c1-13-6-3-7(14-2)12-5(9)4-10-8(12)11-6/h3-4H,1-2H3. The molecular weight excluding hydrogens is 297 g/mol. The zero-order chi connectivity index (χ0) is 10.1. The molecule has 0 N–H and O–H groups in total. The van der Waals surface area contributed by atoms with Crippen molar-refractivity contribution in [3.05, 3.63) is 16.0 Å². The topological polar surface area (TPSA) is 48.7 Å². The molecule has 6 heteroatoms. The van der Waals surface area contributed by atoms with Crippen molar-refractivity contribution >= 4 is 28.4 Å². The predicted octanol–water partition coefficient (Wildman–Crippen LogP) is 1.35. The summed E-state index contributed by atoms with van der Waals surface area (Å²) < 4.78 is 13.0. The molecule has 0 unspecified atom stereocenters. The fourth-order valence-electron chi connectivity index (χ4n) is 1.16. The molecule has 0 amide bonds. The number of hydrogen-bond donors (Lipinski definition) is 0. The van der Waals surface area contributed by atoms with Gasteiger partial charge in [0.15, 0.2) is 0 Å². The summed E-state index contributed by atoms with van der Waals surface area (Å²) in [6.07, 6.45) is 1.73. The molecule has 0 saturated carbocycles. The average molecular weight is 305 g/mol. The number of halogens is 1. The van der Waals surface area contributed by atoms with Crippen LogP contribution in [0.5, 0.6) is 11.8 Å². The lowest BCUT2D eigenvalue weighted by atomic mass is 10.6. The Labute approximate surface area is 94.2 Å². The fourth-order valence-corrected chi connectivity index (χ4v) is 1.75. The molecule has 2 aromatic heterocycles. The maximum atomic E-state index is 5.21. The van der Waals surface area contributed by atoms with Gasteiger partial charge in [0.2, 0.25) is 17.5 Å². The van der Waals surface area contributed by atoms with Gasteiger partial charge in [-0.3, -0.25) is 0 Å². The number of methoxy groups -OCH3 is 2. The highest BCUT2D eigenvalue weighted by molar-refractivity contribution is 14.1. The molecule has 0 fully saturated rings. The Hall–Kier alpha value is -1.05. The molecule has 2 heterocycles. The van der Waals surface area contributed by atoms with Crippen LogP contribution in [0.2, 0.25) is 0 Å². The Morgan fingerprint density at radius 1 is 1.36 bits per heavy atom. The Kier molecular flexibility index (Phi) is 2.44. The van der Waals surface area contributed by atoms with E-state index in [1.807, 2.05) is 4.40 Å². The lowest BCUT2D eigenvalue weighted by Crippen LogP contribution is -1.99. The Balaban J connectivity index is 2.76. The maximum Gasteiger partial charge on any atom is 0.240 e. The normalized spacial score (nSPS) is 10.5. The number of aromatic nitrogens is 3. The second kappa shape index (κ2) is 3.60. The smallest absolute Gasteiger partial charge is 0.240 e. The Morgan fingerprint density at radius 2 is 2.14 bits per heavy atom. The van der Waals surface area contributed by atoms with Crippen LogP contribution in [-0.2, 0) is 0 Å². The summed E-state index contributed by atoms with van der Waals surface area (Å²) in [6, 6.07) is 1.72. The third-order valence-electron chi connectivity index (χ3n) is 1.80. The van der Waals surface area contributed by atoms with Crippen molar-refractivity contribution in [3.8, 4) is 11.8 Å². The third-order valence-corrected chi connectivity index (χ3v) is 2.56. The van der Waals surface area contributed by atoms with Gasteiger partial charge in [0.25, 0.3) is 0 Å². The van der Waals surface area contributed by atoms with Gasteiger partial charge in [0.05, 0.1) is 26.5 Å². The molecule has 0 atom stereocenters. The second-order valence-electron chi connectivity index (χ2n) is 2.56. The number of fused-ring (bicyclic) bond motifs is 1. The molecule has 0 bridgehead atoms. The first-order valence-corrected chi connectivity index (χ1v) is 4.96. The number of imidazole rings is 1. The van der Waals surface area contributed by atoms with Crippen molar-refractivity contribution in [2.24, 2.45) is 0 Å². The largest absolute Gasteiger partial charge is 0.482 e. The van der Waals surface area contributed by atoms with Crippen LogP contribution in [0.1, 0.15) is 0 Å². The van der Waals surface area contributed by atoms with Gasteiger partial charge in [-0.2, -0.15) is 4.98 Å². The minimum atomic E-state index is 0.497. The van der Waals surface area contributed by atoms with E-state index in [1.165, 1.54) is 0 Å². The predicted molar refractivity (Wildman–Crippen MR) is 58.8 cm³/mol. The maximum absolute atomic E-state index is 5.21. The summed E-state index contributed by atoms with van der Waals surface area (Å²) in [7, 11) is 3.16. The molecule has 0 aromatic carbocycles. The van der Waals surface area contributed by atoms with Crippen LogP contribution in [0.4, 0.5) is 0 Å². The van der Waals surface area contributed by atoms with Gasteiger partial charge in [-0.15, -0.1) is 0 Å². The summed E-state index contributed by atoms with van der Waals surface area (Å²) in [5.74, 6) is 1.73. The highest BCUT2D eigenvalue weighted by Crippen LogP contribution is 2.21. The first kappa shape index (κ1) is 9.50. The fraction of sp³-hybridized carbons (Fsp3) is 0.250. The third kappa shape index (κ3) is 1.39. The molecular formula is C8H8IN3O2. The number of ether oxygens (including phenoxy) is 2. The lowest BCUT2D eigenvalue weighted by Gasteiger charge is -2.06. The van der Waals surface area contributed by atoms with Gasteiger partial charge < -0.3 is 9.47 Å². The first-order valence-electron chi connectivity index (χ1n) is 3.88. The van der Waals surface area contributed by atoms with E-state index >= 15 is 0 Å². The minimum Gasteiger partial charge on any atom is -0.482 e. The van der Waals surface area contributed by atoms with Gasteiger partial charge in [-0.05, 0) is 22.6 Å². The molecule has 0 radical (unpaired) electrons. The molecule has 0 spiro atoms. The van der Waals surface area contributed by atoms with E-state index in [1.54, 1.807) is 26.5 Å². The summed E-state index contributed by atoms with van der Waals surface area (Å²) in [6.45, 7) is 0. The van der Waals surface area contributed by atoms with Gasteiger partial charge in [0.1, 0.15) is 3.70 Å². The first-order chi connectivity index (χ1) is 6.76. The van der Waals surface area contributed by atoms with Crippen LogP contribution in [0.3, 0.4) is 0 Å². The van der Waals surface area contributed by atoms with Gasteiger partial charge in [-0.25, -0.2) is 9.38 Å². The SMILES string of the molecule is COc1cc(OC)n2c(I)cnc2n1. The number of nitrogens with zero attached hydrogens (tertiary/aromatic N) is 3. The zero-order valence-electron chi connectivity index (χ0n) is 7.69. The van der Waals surface area contributed by atoms with Crippen LogP contribution in [0, 0.1) is 3.70 Å². The van der Waals surface area contributed by atoms with Crippen molar-refractivity contribution in [1.29, 1.82) is 0 Å². The van der Waals surface area contributed by atoms with E-state index in [4.69, 9.17) is 9.47 Å². The van der Waals surface area contributed by atoms with E-state index in [9.17, 15) is 0 Å². The van der Waals surface area contributed by atoms with Crippen LogP contribution >= 0.6 is 22.6 Å². The molecule has 2 aromatic rings. The highest BCUT2D eigenvalue weighted by atomic mass is 127. The Bertz CT molecular complexity index is 469. The molecule has 74 valence electrons. The van der Waals surface area contributed by atoms with Crippen molar-refractivity contribution < 1.29 is 9.47 Å². The van der Waals surface area contributed by atoms with E-state index in [0.717, 1.165) is 3.70 Å². The number of rotatable bonds is 2. The van der Waals surface area contributed by atoms with E-state index < -0.39 is 0 Å². The van der Waals surface area contributed by atoms with Crippen LogP contribution < -0.4 is 9.47 Å². The molecule has 0 aliphatic carbocycles. The lowest BCUT2D eigenvalue weighted by molar-refractivity contribution is 0.369. The molecule has 0 aliphatic heterocycles. The van der Waals surface area contributed by atoms with Crippen molar-refractivity contribution in [1.82, 2.24) is 14.4 Å². The quantitative estimate of drug-likeness (QED) is 0.786. The second-order valence-corrected chi connectivity index (χ2v) is 3.66. The minimum absolute atomic E-state index is 0.497. The van der Waals surface area contributed by atoms with Crippen LogP contribution in [0.15, 0.2) is 12.3 Å². The summed E-state index contributed by atoms with van der Waals surface area (Å²) >= 11 is 2.17. The molecule has 14 heavy (non-hydrogen) atoms. The van der Waals surface area contributed by atoms with Crippen molar-refractivity contribution in [3.63, 3.8) is 0 Å². The number of hydrogen-bond acceptors (Lipinski definition) is 4. The summed E-state index contributed by atoms with van der Waals surface area (Å²) in [5, 5.41) is 0. The average Bonchev–Trinajstić information content (AvgIpc) is 2.59. The van der Waals surface area contributed by atoms with Gasteiger partial charge >= 0.3 is 0 Å². The molecule has 0 saturated heterocycles. The summed E-state index contributed by atoms with van der Waals surface area (Å²) in [4.78, 5) is 8.29. The molecule has 2 rings (SSSR count). The van der Waals surface area contributed by atoms with Gasteiger partial charge in [-0.1, -0.05) is 0 Å². The summed E-state index contributed by atoms with van der Waals surface area (Å²) in [5.41, 5.74) is 0. The van der Waals surface area contributed by atoms with E-state index in [2.05, 4.69) is 32.6 Å². The molecule has 0 aliphatic rings. The van der Waals surface area contributed by atoms with Crippen LogP contribution in [-0.4, -0.2) is 28.6 Å². The highest BCUT2D eigenvalue weighted by Gasteiger charge is 2.09. The monoisotopic (exact) mass is 305 g/mol. The van der Waals surface area contributed by atoms with Crippen molar-refractivity contribution in [2.45, 2.75) is 0 Å². The van der Waals surface area contributed by atoms with Gasteiger partial charge in [0, 0.05) is 0 Å². The van der Waals surface area contributed by atoms with Crippen LogP contribution in [0.25, 0.3) is 5.78 Å². The van der Waals surface area contributed by atoms with Crippen molar-refractivity contribution in [2.75, 3.05) is 14.2 Å². The van der Waals surface area contributed by atoms with E-state index in [0.29, 0.717) is 17.5 Å².